The molecule has 19 heavy (non-hydrogen) atoms. The van der Waals surface area contributed by atoms with Gasteiger partial charge >= 0.3 is 6.09 Å². The van der Waals surface area contributed by atoms with Gasteiger partial charge in [-0.2, -0.15) is 0 Å². The summed E-state index contributed by atoms with van der Waals surface area (Å²) >= 11 is 3.48. The first-order valence-electron chi connectivity index (χ1n) is 5.98. The molecular weight excluding hydrogens is 314 g/mol. The minimum Gasteiger partial charge on any atom is -0.493 e. The Morgan fingerprint density at radius 1 is 1.37 bits per heavy atom. The van der Waals surface area contributed by atoms with Crippen LogP contribution in [0.4, 0.5) is 4.79 Å². The molecule has 0 atom stereocenters. The van der Waals surface area contributed by atoms with Gasteiger partial charge in [-0.1, -0.05) is 15.9 Å². The molecular formula is C13H16BrNO4. The minimum absolute atomic E-state index is 0.289. The third-order valence-corrected chi connectivity index (χ3v) is 3.74. The maximum atomic E-state index is 11.7. The molecule has 1 heterocycles. The fourth-order valence-corrected chi connectivity index (χ4v) is 2.48. The Morgan fingerprint density at radius 2 is 2.16 bits per heavy atom. The average molecular weight is 330 g/mol. The van der Waals surface area contributed by atoms with Crippen LogP contribution in [-0.4, -0.2) is 38.4 Å². The molecule has 0 aliphatic carbocycles. The number of halogens is 1. The smallest absolute Gasteiger partial charge is 0.410 e. The first-order valence-corrected chi connectivity index (χ1v) is 6.77. The molecule has 1 aliphatic heterocycles. The number of hydrogen-bond donors (Lipinski definition) is 0. The van der Waals surface area contributed by atoms with Crippen molar-refractivity contribution >= 4 is 22.0 Å². The topological polar surface area (TPSA) is 48.0 Å². The number of carbonyl (C=O) groups excluding carboxylic acids is 1. The third kappa shape index (κ3) is 2.94. The van der Waals surface area contributed by atoms with Gasteiger partial charge in [0.25, 0.3) is 0 Å². The number of ether oxygens (including phenoxy) is 3. The van der Waals surface area contributed by atoms with Crippen molar-refractivity contribution in [1.82, 2.24) is 4.90 Å². The number of amides is 1. The van der Waals surface area contributed by atoms with E-state index >= 15 is 0 Å². The molecule has 1 amide bonds. The molecule has 1 aromatic carbocycles. The second-order valence-electron chi connectivity index (χ2n) is 4.15. The normalized spacial score (nSPS) is 15.1. The minimum atomic E-state index is -0.289. The molecule has 0 radical (unpaired) electrons. The van der Waals surface area contributed by atoms with Crippen molar-refractivity contribution in [3.63, 3.8) is 0 Å². The number of nitrogens with zero attached hydrogens (tertiary/aromatic N) is 1. The maximum absolute atomic E-state index is 11.7. The number of cyclic esters (lactones) is 1. The number of benzene rings is 1. The van der Waals surface area contributed by atoms with Gasteiger partial charge in [-0.3, -0.25) is 0 Å². The van der Waals surface area contributed by atoms with E-state index in [0.717, 1.165) is 16.5 Å². The molecule has 1 aliphatic rings. The van der Waals surface area contributed by atoms with Gasteiger partial charge in [-0.25, -0.2) is 4.79 Å². The van der Waals surface area contributed by atoms with Crippen LogP contribution in [-0.2, 0) is 11.3 Å². The summed E-state index contributed by atoms with van der Waals surface area (Å²) in [5.41, 5.74) is 0.876. The molecule has 0 aromatic heterocycles. The Hall–Kier alpha value is -1.43. The number of methoxy groups -OCH3 is 2. The largest absolute Gasteiger partial charge is 0.493 e. The van der Waals surface area contributed by atoms with Crippen molar-refractivity contribution in [3.8, 4) is 11.5 Å². The second kappa shape index (κ2) is 6.14. The molecule has 6 heteroatoms. The van der Waals surface area contributed by atoms with Crippen molar-refractivity contribution in [3.05, 3.63) is 22.2 Å². The van der Waals surface area contributed by atoms with E-state index in [9.17, 15) is 4.79 Å². The van der Waals surface area contributed by atoms with Crippen LogP contribution in [0.3, 0.4) is 0 Å². The lowest BCUT2D eigenvalue weighted by Gasteiger charge is -2.27. The summed E-state index contributed by atoms with van der Waals surface area (Å²) in [7, 11) is 3.17. The first-order chi connectivity index (χ1) is 9.17. The summed E-state index contributed by atoms with van der Waals surface area (Å²) in [5.74, 6) is 1.28. The fourth-order valence-electron chi connectivity index (χ4n) is 2.05. The van der Waals surface area contributed by atoms with E-state index in [1.54, 1.807) is 19.1 Å². The van der Waals surface area contributed by atoms with Crippen LogP contribution in [0.15, 0.2) is 16.6 Å². The monoisotopic (exact) mass is 329 g/mol. The highest BCUT2D eigenvalue weighted by Crippen LogP contribution is 2.37. The summed E-state index contributed by atoms with van der Waals surface area (Å²) in [6.45, 7) is 1.61. The average Bonchev–Trinajstić information content (AvgIpc) is 2.43. The van der Waals surface area contributed by atoms with Gasteiger partial charge < -0.3 is 19.1 Å². The molecule has 1 fully saturated rings. The summed E-state index contributed by atoms with van der Waals surface area (Å²) in [4.78, 5) is 13.3. The molecule has 0 spiro atoms. The van der Waals surface area contributed by atoms with Crippen molar-refractivity contribution in [2.45, 2.75) is 13.0 Å². The Labute approximate surface area is 120 Å². The fraction of sp³-hybridized carbons (Fsp3) is 0.462. The van der Waals surface area contributed by atoms with Crippen molar-refractivity contribution in [1.29, 1.82) is 0 Å². The predicted molar refractivity (Wildman–Crippen MR) is 73.6 cm³/mol. The Bertz CT molecular complexity index is 478. The van der Waals surface area contributed by atoms with E-state index < -0.39 is 0 Å². The van der Waals surface area contributed by atoms with Gasteiger partial charge in [0.2, 0.25) is 0 Å². The highest BCUT2D eigenvalue weighted by atomic mass is 79.9. The summed E-state index contributed by atoms with van der Waals surface area (Å²) in [6.07, 6.45) is 0.554. The zero-order chi connectivity index (χ0) is 13.8. The number of rotatable bonds is 4. The summed E-state index contributed by atoms with van der Waals surface area (Å²) in [5, 5.41) is 0. The molecule has 1 aromatic rings. The second-order valence-corrected chi connectivity index (χ2v) is 5.01. The van der Waals surface area contributed by atoms with Gasteiger partial charge in [0.1, 0.15) is 0 Å². The van der Waals surface area contributed by atoms with Crippen LogP contribution in [0.2, 0.25) is 0 Å². The first kappa shape index (κ1) is 14.0. The lowest BCUT2D eigenvalue weighted by atomic mass is 10.1. The van der Waals surface area contributed by atoms with Gasteiger partial charge in [-0.15, -0.1) is 0 Å². The highest BCUT2D eigenvalue weighted by Gasteiger charge is 2.23. The quantitative estimate of drug-likeness (QED) is 0.852. The van der Waals surface area contributed by atoms with Crippen LogP contribution in [0, 0.1) is 0 Å². The van der Waals surface area contributed by atoms with Gasteiger partial charge in [-0.05, 0) is 18.6 Å². The molecule has 0 bridgehead atoms. The lowest BCUT2D eigenvalue weighted by Crippen LogP contribution is -2.37. The van der Waals surface area contributed by atoms with E-state index in [0.29, 0.717) is 31.2 Å². The maximum Gasteiger partial charge on any atom is 0.410 e. The molecule has 2 rings (SSSR count). The molecule has 1 saturated heterocycles. The molecule has 5 nitrogen and oxygen atoms in total. The van der Waals surface area contributed by atoms with E-state index in [2.05, 4.69) is 15.9 Å². The van der Waals surface area contributed by atoms with Crippen LogP contribution < -0.4 is 9.47 Å². The van der Waals surface area contributed by atoms with E-state index in [4.69, 9.17) is 14.2 Å². The molecule has 0 N–H and O–H groups in total. The van der Waals surface area contributed by atoms with Gasteiger partial charge in [0, 0.05) is 16.6 Å². The van der Waals surface area contributed by atoms with Crippen LogP contribution in [0.1, 0.15) is 12.0 Å². The Balaban J connectivity index is 2.30. The molecule has 104 valence electrons. The van der Waals surface area contributed by atoms with Crippen LogP contribution >= 0.6 is 15.9 Å². The molecule has 0 unspecified atom stereocenters. The standard InChI is InChI=1S/C13H16BrNO4/c1-17-11-5-4-10(14)9(12(11)18-2)8-15-6-3-7-19-13(15)16/h4-5H,3,6-8H2,1-2H3. The lowest BCUT2D eigenvalue weighted by molar-refractivity contribution is 0.0696. The number of hydrogen-bond acceptors (Lipinski definition) is 4. The molecule has 0 saturated carbocycles. The Morgan fingerprint density at radius 3 is 2.79 bits per heavy atom. The Kier molecular flexibility index (Phi) is 4.52. The summed E-state index contributed by atoms with van der Waals surface area (Å²) < 4.78 is 16.6. The predicted octanol–water partition coefficient (Wildman–Crippen LogP) is 2.81. The van der Waals surface area contributed by atoms with Gasteiger partial charge in [0.05, 0.1) is 27.4 Å². The van der Waals surface area contributed by atoms with Gasteiger partial charge in [0.15, 0.2) is 11.5 Å². The number of carbonyl (C=O) groups is 1. The van der Waals surface area contributed by atoms with Crippen molar-refractivity contribution in [2.75, 3.05) is 27.4 Å². The zero-order valence-corrected chi connectivity index (χ0v) is 12.5. The van der Waals surface area contributed by atoms with E-state index in [1.807, 2.05) is 12.1 Å². The zero-order valence-electron chi connectivity index (χ0n) is 10.9. The van der Waals surface area contributed by atoms with Crippen molar-refractivity contribution < 1.29 is 19.0 Å². The van der Waals surface area contributed by atoms with Crippen molar-refractivity contribution in [2.24, 2.45) is 0 Å². The van der Waals surface area contributed by atoms with Crippen LogP contribution in [0.5, 0.6) is 11.5 Å². The summed E-state index contributed by atoms with van der Waals surface area (Å²) in [6, 6.07) is 3.70. The SMILES string of the molecule is COc1ccc(Br)c(CN2CCCOC2=O)c1OC. The van der Waals surface area contributed by atoms with Crippen LogP contribution in [0.25, 0.3) is 0 Å². The third-order valence-electron chi connectivity index (χ3n) is 3.00. The van der Waals surface area contributed by atoms with E-state index in [-0.39, 0.29) is 6.09 Å². The highest BCUT2D eigenvalue weighted by molar-refractivity contribution is 9.10. The van der Waals surface area contributed by atoms with E-state index in [1.165, 1.54) is 0 Å².